The Balaban J connectivity index is 1.75. The highest BCUT2D eigenvalue weighted by atomic mass is 16.5. The van der Waals surface area contributed by atoms with Crippen LogP contribution in [0.25, 0.3) is 0 Å². The number of Topliss-reactive ketones (excluding diaryl/α,β-unsaturated/α-hetero) is 1. The van der Waals surface area contributed by atoms with Crippen molar-refractivity contribution >= 4 is 5.78 Å². The van der Waals surface area contributed by atoms with Crippen molar-refractivity contribution in [1.29, 1.82) is 0 Å². The minimum absolute atomic E-state index is 0.151. The van der Waals surface area contributed by atoms with Gasteiger partial charge in [-0.05, 0) is 31.7 Å². The predicted octanol–water partition coefficient (Wildman–Crippen LogP) is 2.81. The van der Waals surface area contributed by atoms with Gasteiger partial charge in [-0.25, -0.2) is 0 Å². The molecule has 1 aromatic rings. The lowest BCUT2D eigenvalue weighted by Crippen LogP contribution is -2.19. The number of carbonyl (C=O) groups is 1. The highest BCUT2D eigenvalue weighted by molar-refractivity contribution is 5.95. The highest BCUT2D eigenvalue weighted by Gasteiger charge is 2.16. The molecule has 0 saturated carbocycles. The minimum Gasteiger partial charge on any atom is -0.472 e. The Morgan fingerprint density at radius 2 is 2.40 bits per heavy atom. The smallest absolute Gasteiger partial charge is 0.166 e. The van der Waals surface area contributed by atoms with E-state index in [-0.39, 0.29) is 11.9 Å². The Hall–Kier alpha value is -1.09. The van der Waals surface area contributed by atoms with Crippen LogP contribution in [0.1, 0.15) is 42.5 Å². The molecule has 1 aliphatic heterocycles. The van der Waals surface area contributed by atoms with E-state index in [1.54, 1.807) is 6.07 Å². The lowest BCUT2D eigenvalue weighted by atomic mass is 10.0. The number of ether oxygens (including phenoxy) is 1. The molecule has 1 atom stereocenters. The van der Waals surface area contributed by atoms with Gasteiger partial charge >= 0.3 is 0 Å². The quantitative estimate of drug-likeness (QED) is 0.714. The van der Waals surface area contributed by atoms with E-state index < -0.39 is 0 Å². The summed E-state index contributed by atoms with van der Waals surface area (Å²) in [5.74, 6) is 0.151. The second-order valence-corrected chi connectivity index (χ2v) is 3.96. The summed E-state index contributed by atoms with van der Waals surface area (Å²) in [5.41, 5.74) is 0.672. The first-order valence-corrected chi connectivity index (χ1v) is 5.53. The summed E-state index contributed by atoms with van der Waals surface area (Å²) in [6.07, 6.45) is 8.20. The first-order valence-electron chi connectivity index (χ1n) is 5.53. The lowest BCUT2D eigenvalue weighted by molar-refractivity contribution is 0.0104. The Morgan fingerprint density at radius 3 is 3.07 bits per heavy atom. The third-order valence-electron chi connectivity index (χ3n) is 2.81. The van der Waals surface area contributed by atoms with Crippen LogP contribution in [0.4, 0.5) is 0 Å². The van der Waals surface area contributed by atoms with Crippen LogP contribution in [-0.2, 0) is 4.74 Å². The Morgan fingerprint density at radius 1 is 1.47 bits per heavy atom. The van der Waals surface area contributed by atoms with E-state index in [9.17, 15) is 4.79 Å². The van der Waals surface area contributed by atoms with Crippen LogP contribution in [0.3, 0.4) is 0 Å². The number of furan rings is 1. The predicted molar refractivity (Wildman–Crippen MR) is 55.9 cm³/mol. The van der Waals surface area contributed by atoms with Gasteiger partial charge in [0.1, 0.15) is 6.26 Å². The molecule has 2 heterocycles. The summed E-state index contributed by atoms with van der Waals surface area (Å²) in [4.78, 5) is 11.6. The molecule has 0 N–H and O–H groups in total. The van der Waals surface area contributed by atoms with Gasteiger partial charge in [-0.3, -0.25) is 4.79 Å². The van der Waals surface area contributed by atoms with Crippen LogP contribution in [0.5, 0.6) is 0 Å². The first-order chi connectivity index (χ1) is 7.36. The molecule has 1 aliphatic rings. The van der Waals surface area contributed by atoms with Crippen LogP contribution >= 0.6 is 0 Å². The molecule has 1 aromatic heterocycles. The summed E-state index contributed by atoms with van der Waals surface area (Å²) in [7, 11) is 0. The number of carbonyl (C=O) groups excluding carboxylic acids is 1. The normalized spacial score (nSPS) is 21.5. The second-order valence-electron chi connectivity index (χ2n) is 3.96. The summed E-state index contributed by atoms with van der Waals surface area (Å²) in [5, 5.41) is 0. The SMILES string of the molecule is O=C(CCC1CCCCO1)c1ccoc1. The molecule has 15 heavy (non-hydrogen) atoms. The van der Waals surface area contributed by atoms with Crippen molar-refractivity contribution in [2.75, 3.05) is 6.61 Å². The van der Waals surface area contributed by atoms with Crippen molar-refractivity contribution in [3.05, 3.63) is 24.2 Å². The minimum atomic E-state index is 0.151. The molecule has 2 rings (SSSR count). The maximum absolute atomic E-state index is 11.6. The molecule has 0 aromatic carbocycles. The van der Waals surface area contributed by atoms with Gasteiger partial charge in [0.25, 0.3) is 0 Å². The molecular formula is C12H16O3. The summed E-state index contributed by atoms with van der Waals surface area (Å²) >= 11 is 0. The molecule has 1 fully saturated rings. The number of hydrogen-bond donors (Lipinski definition) is 0. The lowest BCUT2D eigenvalue weighted by Gasteiger charge is -2.21. The van der Waals surface area contributed by atoms with E-state index in [1.165, 1.54) is 18.9 Å². The van der Waals surface area contributed by atoms with Crippen LogP contribution in [0.2, 0.25) is 0 Å². The largest absolute Gasteiger partial charge is 0.472 e. The van der Waals surface area contributed by atoms with Crippen molar-refractivity contribution in [2.45, 2.75) is 38.2 Å². The fourth-order valence-corrected chi connectivity index (χ4v) is 1.89. The third-order valence-corrected chi connectivity index (χ3v) is 2.81. The Labute approximate surface area is 89.4 Å². The average molecular weight is 208 g/mol. The first kappa shape index (κ1) is 10.4. The summed E-state index contributed by atoms with van der Waals surface area (Å²) in [6.45, 7) is 0.852. The molecule has 82 valence electrons. The van der Waals surface area contributed by atoms with E-state index >= 15 is 0 Å². The average Bonchev–Trinajstić information content (AvgIpc) is 2.81. The van der Waals surface area contributed by atoms with Gasteiger partial charge in [0.2, 0.25) is 0 Å². The number of hydrogen-bond acceptors (Lipinski definition) is 3. The monoisotopic (exact) mass is 208 g/mol. The van der Waals surface area contributed by atoms with Crippen molar-refractivity contribution in [3.63, 3.8) is 0 Å². The molecular weight excluding hydrogens is 192 g/mol. The van der Waals surface area contributed by atoms with E-state index in [0.29, 0.717) is 12.0 Å². The summed E-state index contributed by atoms with van der Waals surface area (Å²) < 4.78 is 10.4. The van der Waals surface area contributed by atoms with Crippen molar-refractivity contribution in [1.82, 2.24) is 0 Å². The molecule has 0 radical (unpaired) electrons. The van der Waals surface area contributed by atoms with Gasteiger partial charge in [0.15, 0.2) is 5.78 Å². The van der Waals surface area contributed by atoms with Gasteiger partial charge in [0.05, 0.1) is 17.9 Å². The van der Waals surface area contributed by atoms with E-state index in [1.807, 2.05) is 0 Å². The van der Waals surface area contributed by atoms with Gasteiger partial charge in [-0.1, -0.05) is 0 Å². The Bertz CT molecular complexity index is 297. The molecule has 0 spiro atoms. The maximum Gasteiger partial charge on any atom is 0.166 e. The van der Waals surface area contributed by atoms with E-state index in [0.717, 1.165) is 25.9 Å². The topological polar surface area (TPSA) is 39.4 Å². The van der Waals surface area contributed by atoms with Crippen LogP contribution in [-0.4, -0.2) is 18.5 Å². The Kier molecular flexibility index (Phi) is 3.56. The van der Waals surface area contributed by atoms with Crippen molar-refractivity contribution in [3.8, 4) is 0 Å². The standard InChI is InChI=1S/C12H16O3/c13-12(10-6-8-14-9-10)5-4-11-3-1-2-7-15-11/h6,8-9,11H,1-5,7H2. The molecule has 3 heteroatoms. The van der Waals surface area contributed by atoms with E-state index in [2.05, 4.69) is 0 Å². The molecule has 1 unspecified atom stereocenters. The van der Waals surface area contributed by atoms with E-state index in [4.69, 9.17) is 9.15 Å². The van der Waals surface area contributed by atoms with Gasteiger partial charge in [0, 0.05) is 13.0 Å². The fraction of sp³-hybridized carbons (Fsp3) is 0.583. The van der Waals surface area contributed by atoms with Crippen molar-refractivity contribution < 1.29 is 13.9 Å². The highest BCUT2D eigenvalue weighted by Crippen LogP contribution is 2.18. The van der Waals surface area contributed by atoms with Crippen LogP contribution in [0.15, 0.2) is 23.0 Å². The zero-order valence-electron chi connectivity index (χ0n) is 8.78. The second kappa shape index (κ2) is 5.12. The number of ketones is 1. The summed E-state index contributed by atoms with van der Waals surface area (Å²) in [6, 6.07) is 1.71. The zero-order chi connectivity index (χ0) is 10.5. The molecule has 0 aliphatic carbocycles. The van der Waals surface area contributed by atoms with Crippen molar-refractivity contribution in [2.24, 2.45) is 0 Å². The van der Waals surface area contributed by atoms with Crippen LogP contribution in [0, 0.1) is 0 Å². The van der Waals surface area contributed by atoms with Crippen LogP contribution < -0.4 is 0 Å². The zero-order valence-corrected chi connectivity index (χ0v) is 8.78. The molecule has 0 amide bonds. The van der Waals surface area contributed by atoms with Gasteiger partial charge in [-0.15, -0.1) is 0 Å². The number of rotatable bonds is 4. The third kappa shape index (κ3) is 2.93. The van der Waals surface area contributed by atoms with Gasteiger partial charge in [-0.2, -0.15) is 0 Å². The molecule has 1 saturated heterocycles. The van der Waals surface area contributed by atoms with Gasteiger partial charge < -0.3 is 9.15 Å². The fourth-order valence-electron chi connectivity index (χ4n) is 1.89. The molecule has 3 nitrogen and oxygen atoms in total. The maximum atomic E-state index is 11.6. The molecule has 0 bridgehead atoms.